The van der Waals surface area contributed by atoms with Gasteiger partial charge in [-0.1, -0.05) is 0 Å². The Morgan fingerprint density at radius 2 is 2.04 bits per heavy atom. The van der Waals surface area contributed by atoms with E-state index >= 15 is 0 Å². The van der Waals surface area contributed by atoms with E-state index in [4.69, 9.17) is 4.98 Å². The lowest BCUT2D eigenvalue weighted by molar-refractivity contribution is 0.114. The summed E-state index contributed by atoms with van der Waals surface area (Å²) >= 11 is 0. The normalized spacial score (nSPS) is 20.8. The number of aryl methyl sites for hydroxylation is 1. The van der Waals surface area contributed by atoms with Crippen LogP contribution in [0.1, 0.15) is 0 Å². The number of aliphatic hydroxyl groups excluding tert-OH is 1. The van der Waals surface area contributed by atoms with Crippen LogP contribution in [0.3, 0.4) is 0 Å². The summed E-state index contributed by atoms with van der Waals surface area (Å²) < 4.78 is 1.75. The molecule has 1 fully saturated rings. The van der Waals surface area contributed by atoms with Crippen molar-refractivity contribution in [2.24, 2.45) is 7.05 Å². The minimum absolute atomic E-state index is 0.0727. The number of hydrogen-bond donors (Lipinski definition) is 1. The molecule has 0 spiro atoms. The molecule has 0 amide bonds. The van der Waals surface area contributed by atoms with Crippen LogP contribution in [0, 0.1) is 0 Å². The number of hydrogen-bond acceptors (Lipinski definition) is 7. The number of likely N-dealkylation sites (N-methyl/N-ethyl adjacent to an activating group) is 1. The van der Waals surface area contributed by atoms with Gasteiger partial charge in [-0.15, -0.1) is 0 Å². The van der Waals surface area contributed by atoms with Gasteiger partial charge in [-0.05, 0) is 26.2 Å². The van der Waals surface area contributed by atoms with E-state index in [1.807, 2.05) is 38.2 Å². The number of fused-ring (bicyclic) bond motifs is 1. The third-order valence-corrected chi connectivity index (χ3v) is 4.71. The number of pyridine rings is 1. The quantitative estimate of drug-likeness (QED) is 0.745. The summed E-state index contributed by atoms with van der Waals surface area (Å²) in [5.74, 6) is 1.42. The summed E-state index contributed by atoms with van der Waals surface area (Å²) in [7, 11) is 5.84. The molecule has 0 aromatic carbocycles. The molecule has 3 aromatic heterocycles. The number of nitrogens with zero attached hydrogens (tertiary/aromatic N) is 7. The molecule has 1 aliphatic heterocycles. The van der Waals surface area contributed by atoms with Crippen LogP contribution < -0.4 is 4.90 Å². The van der Waals surface area contributed by atoms with Gasteiger partial charge >= 0.3 is 0 Å². The standard InChI is InChI=1S/C17H21N7O/c1-22(2)13-9-24(10-14(13)25)17-12-8-19-23(3)16(12)20-15(21-17)11-5-4-6-18-7-11/h4-8,13-14,25H,9-10H2,1-3H3/t13-,14-/m0/s1. The van der Waals surface area contributed by atoms with Crippen LogP contribution >= 0.6 is 0 Å². The first kappa shape index (κ1) is 15.9. The highest BCUT2D eigenvalue weighted by molar-refractivity contribution is 5.88. The predicted octanol–water partition coefficient (Wildman–Crippen LogP) is 0.536. The topological polar surface area (TPSA) is 83.2 Å². The Hall–Kier alpha value is -2.58. The van der Waals surface area contributed by atoms with Crippen molar-refractivity contribution in [3.05, 3.63) is 30.7 Å². The van der Waals surface area contributed by atoms with Crippen LogP contribution in [0.5, 0.6) is 0 Å². The molecule has 0 aliphatic carbocycles. The second-order valence-electron chi connectivity index (χ2n) is 6.62. The minimum atomic E-state index is -0.418. The van der Waals surface area contributed by atoms with Crippen LogP contribution in [0.25, 0.3) is 22.4 Å². The summed E-state index contributed by atoms with van der Waals surface area (Å²) in [6.07, 6.45) is 4.85. The summed E-state index contributed by atoms with van der Waals surface area (Å²) in [6, 6.07) is 3.88. The van der Waals surface area contributed by atoms with Crippen molar-refractivity contribution >= 4 is 16.9 Å². The summed E-state index contributed by atoms with van der Waals surface area (Å²) in [4.78, 5) is 17.8. The molecule has 1 saturated heterocycles. The van der Waals surface area contributed by atoms with Gasteiger partial charge in [0.05, 0.1) is 23.7 Å². The number of aliphatic hydroxyl groups is 1. The molecular weight excluding hydrogens is 318 g/mol. The van der Waals surface area contributed by atoms with Gasteiger partial charge in [0.1, 0.15) is 5.82 Å². The van der Waals surface area contributed by atoms with Crippen LogP contribution in [-0.2, 0) is 7.05 Å². The van der Waals surface area contributed by atoms with Crippen LogP contribution in [0.4, 0.5) is 5.82 Å². The Bertz CT molecular complexity index is 893. The minimum Gasteiger partial charge on any atom is -0.390 e. The molecule has 25 heavy (non-hydrogen) atoms. The fraction of sp³-hybridized carbons (Fsp3) is 0.412. The Morgan fingerprint density at radius 3 is 2.72 bits per heavy atom. The van der Waals surface area contributed by atoms with Crippen LogP contribution in [-0.4, -0.2) is 74.1 Å². The van der Waals surface area contributed by atoms with E-state index < -0.39 is 6.10 Å². The molecule has 4 heterocycles. The van der Waals surface area contributed by atoms with E-state index in [1.165, 1.54) is 0 Å². The molecule has 8 nitrogen and oxygen atoms in total. The highest BCUT2D eigenvalue weighted by atomic mass is 16.3. The number of anilines is 1. The van der Waals surface area contributed by atoms with E-state index in [2.05, 4.69) is 20.0 Å². The smallest absolute Gasteiger partial charge is 0.165 e. The van der Waals surface area contributed by atoms with Gasteiger partial charge in [0.2, 0.25) is 0 Å². The molecule has 1 aliphatic rings. The van der Waals surface area contributed by atoms with Crippen molar-refractivity contribution in [3.63, 3.8) is 0 Å². The first-order valence-corrected chi connectivity index (χ1v) is 8.24. The summed E-state index contributed by atoms with van der Waals surface area (Å²) in [5.41, 5.74) is 1.63. The van der Waals surface area contributed by atoms with E-state index in [9.17, 15) is 5.11 Å². The molecule has 2 atom stereocenters. The van der Waals surface area contributed by atoms with Gasteiger partial charge in [-0.2, -0.15) is 5.10 Å². The fourth-order valence-corrected chi connectivity index (χ4v) is 3.32. The molecule has 8 heteroatoms. The van der Waals surface area contributed by atoms with E-state index in [-0.39, 0.29) is 6.04 Å². The zero-order chi connectivity index (χ0) is 17.6. The van der Waals surface area contributed by atoms with Gasteiger partial charge in [-0.25, -0.2) is 9.97 Å². The molecular formula is C17H21N7O. The maximum atomic E-state index is 10.4. The molecule has 3 aromatic rings. The SMILES string of the molecule is CN(C)[C@H]1CN(c2nc(-c3cccnc3)nc3c2cnn3C)C[C@@H]1O. The van der Waals surface area contributed by atoms with Crippen molar-refractivity contribution < 1.29 is 5.11 Å². The van der Waals surface area contributed by atoms with Gasteiger partial charge < -0.3 is 14.9 Å². The molecule has 0 unspecified atom stereocenters. The van der Waals surface area contributed by atoms with Gasteiger partial charge in [0.25, 0.3) is 0 Å². The Labute approximate surface area is 145 Å². The van der Waals surface area contributed by atoms with Crippen LogP contribution in [0.2, 0.25) is 0 Å². The predicted molar refractivity (Wildman–Crippen MR) is 95.2 cm³/mol. The zero-order valence-corrected chi connectivity index (χ0v) is 14.5. The average Bonchev–Trinajstić information content (AvgIpc) is 3.18. The maximum Gasteiger partial charge on any atom is 0.165 e. The summed E-state index contributed by atoms with van der Waals surface area (Å²) in [6.45, 7) is 1.25. The molecule has 4 rings (SSSR count). The van der Waals surface area contributed by atoms with Crippen molar-refractivity contribution in [1.29, 1.82) is 0 Å². The van der Waals surface area contributed by atoms with Gasteiger partial charge in [-0.3, -0.25) is 9.67 Å². The van der Waals surface area contributed by atoms with Crippen molar-refractivity contribution in [3.8, 4) is 11.4 Å². The molecule has 0 radical (unpaired) electrons. The molecule has 0 saturated carbocycles. The third kappa shape index (κ3) is 2.73. The lowest BCUT2D eigenvalue weighted by Gasteiger charge is -2.22. The van der Waals surface area contributed by atoms with Gasteiger partial charge in [0.15, 0.2) is 11.5 Å². The first-order valence-electron chi connectivity index (χ1n) is 8.24. The largest absolute Gasteiger partial charge is 0.390 e. The lowest BCUT2D eigenvalue weighted by atomic mass is 10.2. The average molecular weight is 339 g/mol. The zero-order valence-electron chi connectivity index (χ0n) is 14.5. The van der Waals surface area contributed by atoms with Crippen molar-refractivity contribution in [2.45, 2.75) is 12.1 Å². The Kier molecular flexibility index (Phi) is 3.85. The number of aromatic nitrogens is 5. The molecule has 0 bridgehead atoms. The van der Waals surface area contributed by atoms with E-state index in [1.54, 1.807) is 23.3 Å². The van der Waals surface area contributed by atoms with Crippen molar-refractivity contribution in [2.75, 3.05) is 32.1 Å². The lowest BCUT2D eigenvalue weighted by Crippen LogP contribution is -2.38. The fourth-order valence-electron chi connectivity index (χ4n) is 3.32. The first-order chi connectivity index (χ1) is 12.0. The number of β-amino-alcohol motifs (C(OH)–C–C–N with tert-alkyl or cyclic N) is 1. The monoisotopic (exact) mass is 339 g/mol. The second-order valence-corrected chi connectivity index (χ2v) is 6.62. The molecule has 1 N–H and O–H groups in total. The highest BCUT2D eigenvalue weighted by Gasteiger charge is 2.34. The Morgan fingerprint density at radius 1 is 1.20 bits per heavy atom. The molecule has 130 valence electrons. The number of rotatable bonds is 3. The van der Waals surface area contributed by atoms with E-state index in [0.29, 0.717) is 18.9 Å². The highest BCUT2D eigenvalue weighted by Crippen LogP contribution is 2.30. The Balaban J connectivity index is 1.83. The van der Waals surface area contributed by atoms with Crippen molar-refractivity contribution in [1.82, 2.24) is 29.6 Å². The van der Waals surface area contributed by atoms with Gasteiger partial charge in [0, 0.05) is 38.1 Å². The third-order valence-electron chi connectivity index (χ3n) is 4.71. The summed E-state index contributed by atoms with van der Waals surface area (Å²) in [5, 5.41) is 15.6. The van der Waals surface area contributed by atoms with E-state index in [0.717, 1.165) is 22.4 Å². The second kappa shape index (κ2) is 6.05. The maximum absolute atomic E-state index is 10.4. The van der Waals surface area contributed by atoms with Crippen LogP contribution in [0.15, 0.2) is 30.7 Å².